The van der Waals surface area contributed by atoms with Gasteiger partial charge in [-0.2, -0.15) is 5.26 Å². The highest BCUT2D eigenvalue weighted by Crippen LogP contribution is 2.42. The summed E-state index contributed by atoms with van der Waals surface area (Å²) >= 11 is 0. The Bertz CT molecular complexity index is 798. The fraction of sp³-hybridized carbons (Fsp3) is 0.333. The van der Waals surface area contributed by atoms with Gasteiger partial charge in [0.25, 0.3) is 0 Å². The summed E-state index contributed by atoms with van der Waals surface area (Å²) in [5.74, 6) is 0.884. The Morgan fingerprint density at radius 3 is 2.58 bits per heavy atom. The van der Waals surface area contributed by atoms with Crippen molar-refractivity contribution in [2.45, 2.75) is 12.8 Å². The third kappa shape index (κ3) is 2.48. The maximum atomic E-state index is 12.5. The van der Waals surface area contributed by atoms with Crippen LogP contribution < -0.4 is 9.80 Å². The van der Waals surface area contributed by atoms with E-state index in [-0.39, 0.29) is 11.3 Å². The van der Waals surface area contributed by atoms with Gasteiger partial charge in [0.05, 0.1) is 11.6 Å². The molecule has 2 saturated heterocycles. The maximum Gasteiger partial charge on any atom is 0.227 e. The van der Waals surface area contributed by atoms with Crippen LogP contribution in [0.2, 0.25) is 0 Å². The molecule has 120 valence electrons. The highest BCUT2D eigenvalue weighted by molar-refractivity contribution is 5.96. The Morgan fingerprint density at radius 2 is 1.88 bits per heavy atom. The first-order valence-corrected chi connectivity index (χ1v) is 8.02. The zero-order valence-electron chi connectivity index (χ0n) is 13.2. The zero-order chi connectivity index (χ0) is 16.6. The predicted molar refractivity (Wildman–Crippen MR) is 89.4 cm³/mol. The molecule has 6 nitrogen and oxygen atoms in total. The fourth-order valence-corrected chi connectivity index (χ4v) is 3.68. The van der Waals surface area contributed by atoms with Gasteiger partial charge in [-0.05, 0) is 36.8 Å². The zero-order valence-corrected chi connectivity index (χ0v) is 13.2. The quantitative estimate of drug-likeness (QED) is 0.846. The fourth-order valence-electron chi connectivity index (χ4n) is 3.68. The van der Waals surface area contributed by atoms with E-state index in [1.54, 1.807) is 30.6 Å². The van der Waals surface area contributed by atoms with Gasteiger partial charge in [0, 0.05) is 49.6 Å². The van der Waals surface area contributed by atoms with Crippen molar-refractivity contribution in [2.24, 2.45) is 5.41 Å². The lowest BCUT2D eigenvalue weighted by Gasteiger charge is -2.24. The number of rotatable bonds is 2. The Morgan fingerprint density at radius 1 is 1.12 bits per heavy atom. The highest BCUT2D eigenvalue weighted by atomic mass is 16.2. The van der Waals surface area contributed by atoms with Crippen LogP contribution in [-0.2, 0) is 4.79 Å². The summed E-state index contributed by atoms with van der Waals surface area (Å²) in [6, 6.07) is 11.1. The van der Waals surface area contributed by atoms with Crippen LogP contribution in [0.3, 0.4) is 0 Å². The van der Waals surface area contributed by atoms with Gasteiger partial charge in [-0.1, -0.05) is 0 Å². The third-order valence-electron chi connectivity index (χ3n) is 4.90. The molecule has 0 bridgehead atoms. The van der Waals surface area contributed by atoms with Gasteiger partial charge < -0.3 is 9.80 Å². The maximum absolute atomic E-state index is 12.5. The summed E-state index contributed by atoms with van der Waals surface area (Å²) in [5.41, 5.74) is 1.43. The number of benzene rings is 1. The number of anilines is 2. The van der Waals surface area contributed by atoms with Crippen molar-refractivity contribution in [1.82, 2.24) is 9.97 Å². The summed E-state index contributed by atoms with van der Waals surface area (Å²) in [6.07, 6.45) is 5.01. The van der Waals surface area contributed by atoms with Gasteiger partial charge in [0.15, 0.2) is 0 Å². The Balaban J connectivity index is 1.52. The molecule has 2 fully saturated rings. The van der Waals surface area contributed by atoms with Crippen molar-refractivity contribution in [1.29, 1.82) is 5.26 Å². The number of aromatic nitrogens is 2. The number of nitriles is 1. The van der Waals surface area contributed by atoms with Crippen LogP contribution in [0.1, 0.15) is 18.4 Å². The van der Waals surface area contributed by atoms with Crippen LogP contribution in [0.5, 0.6) is 0 Å². The molecule has 24 heavy (non-hydrogen) atoms. The number of nitrogens with zero attached hydrogens (tertiary/aromatic N) is 5. The minimum atomic E-state index is -0.0375. The number of amides is 1. The Kier molecular flexibility index (Phi) is 3.42. The van der Waals surface area contributed by atoms with Crippen LogP contribution in [0.15, 0.2) is 42.7 Å². The minimum absolute atomic E-state index is 0.0375. The van der Waals surface area contributed by atoms with E-state index in [0.29, 0.717) is 18.5 Å². The van der Waals surface area contributed by atoms with Crippen LogP contribution in [0.25, 0.3) is 0 Å². The second kappa shape index (κ2) is 5.60. The molecule has 0 aliphatic carbocycles. The molecule has 4 rings (SSSR count). The molecule has 1 atom stereocenters. The summed E-state index contributed by atoms with van der Waals surface area (Å²) < 4.78 is 0. The van der Waals surface area contributed by atoms with Gasteiger partial charge >= 0.3 is 0 Å². The summed E-state index contributed by atoms with van der Waals surface area (Å²) in [7, 11) is 0. The largest absolute Gasteiger partial charge is 0.340 e. The second-order valence-electron chi connectivity index (χ2n) is 6.54. The standard InChI is InChI=1S/C18H17N5O/c19-11-14-2-4-15(5-3-14)23-13-18(10-16(23)24)6-9-22(12-18)17-20-7-1-8-21-17/h1-5,7-8H,6,9-10,12-13H2. The monoisotopic (exact) mass is 319 g/mol. The van der Waals surface area contributed by atoms with E-state index < -0.39 is 0 Å². The first kappa shape index (κ1) is 14.6. The molecule has 3 heterocycles. The molecule has 1 unspecified atom stereocenters. The van der Waals surface area contributed by atoms with Gasteiger partial charge in [-0.25, -0.2) is 9.97 Å². The molecule has 0 N–H and O–H groups in total. The summed E-state index contributed by atoms with van der Waals surface area (Å²) in [6.45, 7) is 2.38. The molecule has 0 saturated carbocycles. The molecular weight excluding hydrogens is 302 g/mol. The number of carbonyl (C=O) groups is 1. The van der Waals surface area contributed by atoms with E-state index >= 15 is 0 Å². The van der Waals surface area contributed by atoms with Crippen LogP contribution >= 0.6 is 0 Å². The molecule has 1 amide bonds. The average Bonchev–Trinajstić information content (AvgIpc) is 3.19. The van der Waals surface area contributed by atoms with Crippen LogP contribution in [0.4, 0.5) is 11.6 Å². The van der Waals surface area contributed by atoms with Crippen LogP contribution in [0, 0.1) is 16.7 Å². The second-order valence-corrected chi connectivity index (χ2v) is 6.54. The smallest absolute Gasteiger partial charge is 0.227 e. The predicted octanol–water partition coefficient (Wildman–Crippen LogP) is 1.98. The van der Waals surface area contributed by atoms with E-state index in [1.165, 1.54) is 0 Å². The first-order valence-electron chi connectivity index (χ1n) is 8.02. The highest BCUT2D eigenvalue weighted by Gasteiger charge is 2.48. The Hall–Kier alpha value is -2.94. The number of hydrogen-bond donors (Lipinski definition) is 0. The van der Waals surface area contributed by atoms with Gasteiger partial charge in [0.2, 0.25) is 11.9 Å². The molecule has 2 aliphatic rings. The van der Waals surface area contributed by atoms with E-state index in [0.717, 1.165) is 31.1 Å². The van der Waals surface area contributed by atoms with Gasteiger partial charge in [0.1, 0.15) is 0 Å². The van der Waals surface area contributed by atoms with Crippen LogP contribution in [-0.4, -0.2) is 35.5 Å². The van der Waals surface area contributed by atoms with E-state index in [2.05, 4.69) is 20.9 Å². The molecule has 1 aromatic carbocycles. The number of carbonyl (C=O) groups excluding carboxylic acids is 1. The first-order chi connectivity index (χ1) is 11.7. The molecule has 1 aromatic heterocycles. The molecule has 2 aliphatic heterocycles. The molecule has 0 radical (unpaired) electrons. The minimum Gasteiger partial charge on any atom is -0.340 e. The summed E-state index contributed by atoms with van der Waals surface area (Å²) in [5, 5.41) is 8.90. The van der Waals surface area contributed by atoms with Crippen molar-refractivity contribution < 1.29 is 4.79 Å². The molecule has 6 heteroatoms. The van der Waals surface area contributed by atoms with Gasteiger partial charge in [-0.15, -0.1) is 0 Å². The SMILES string of the molecule is N#Cc1ccc(N2CC3(CCN(c4ncccn4)C3)CC2=O)cc1. The molecule has 1 spiro atoms. The van der Waals surface area contributed by atoms with Crippen molar-refractivity contribution in [3.63, 3.8) is 0 Å². The molecular formula is C18H17N5O. The lowest BCUT2D eigenvalue weighted by molar-refractivity contribution is -0.117. The normalized spacial score (nSPS) is 23.0. The van der Waals surface area contributed by atoms with Crippen molar-refractivity contribution in [3.8, 4) is 6.07 Å². The van der Waals surface area contributed by atoms with Crippen molar-refractivity contribution in [2.75, 3.05) is 29.4 Å². The van der Waals surface area contributed by atoms with E-state index in [1.807, 2.05) is 17.0 Å². The third-order valence-corrected chi connectivity index (χ3v) is 4.90. The van der Waals surface area contributed by atoms with Gasteiger partial charge in [-0.3, -0.25) is 4.79 Å². The summed E-state index contributed by atoms with van der Waals surface area (Å²) in [4.78, 5) is 25.2. The van der Waals surface area contributed by atoms with Crippen molar-refractivity contribution in [3.05, 3.63) is 48.3 Å². The van der Waals surface area contributed by atoms with E-state index in [9.17, 15) is 4.79 Å². The lowest BCUT2D eigenvalue weighted by Crippen LogP contribution is -2.31. The number of hydrogen-bond acceptors (Lipinski definition) is 5. The molecule has 2 aromatic rings. The lowest BCUT2D eigenvalue weighted by atomic mass is 9.86. The van der Waals surface area contributed by atoms with Crippen molar-refractivity contribution >= 4 is 17.5 Å². The van der Waals surface area contributed by atoms with E-state index in [4.69, 9.17) is 5.26 Å². The Labute approximate surface area is 140 Å². The topological polar surface area (TPSA) is 73.1 Å². The average molecular weight is 319 g/mol.